The zero-order valence-corrected chi connectivity index (χ0v) is 14.4. The lowest BCUT2D eigenvalue weighted by Crippen LogP contribution is -2.59. The maximum absolute atomic E-state index is 12.5. The zero-order chi connectivity index (χ0) is 16.8. The van der Waals surface area contributed by atoms with Gasteiger partial charge in [-0.2, -0.15) is 0 Å². The van der Waals surface area contributed by atoms with Crippen LogP contribution in [0.15, 0.2) is 0 Å². The Kier molecular flexibility index (Phi) is 6.08. The SMILES string of the molecule is O=C1CCCCN1CCCC(=O)N1CCOC2(CNCCOC2)C1. The number of nitrogens with one attached hydrogen (secondary N) is 1. The Balaban J connectivity index is 1.45. The maximum atomic E-state index is 12.5. The van der Waals surface area contributed by atoms with E-state index in [2.05, 4.69) is 5.32 Å². The van der Waals surface area contributed by atoms with E-state index in [1.54, 1.807) is 0 Å². The first-order valence-electron chi connectivity index (χ1n) is 9.17. The van der Waals surface area contributed by atoms with Crippen LogP contribution in [0.5, 0.6) is 0 Å². The van der Waals surface area contributed by atoms with Gasteiger partial charge < -0.3 is 24.6 Å². The second kappa shape index (κ2) is 8.27. The van der Waals surface area contributed by atoms with E-state index < -0.39 is 5.60 Å². The molecular weight excluding hydrogens is 310 g/mol. The molecule has 0 saturated carbocycles. The topological polar surface area (TPSA) is 71.1 Å². The van der Waals surface area contributed by atoms with E-state index in [-0.39, 0.29) is 11.8 Å². The lowest BCUT2D eigenvalue weighted by atomic mass is 10.0. The lowest BCUT2D eigenvalue weighted by Gasteiger charge is -2.42. The van der Waals surface area contributed by atoms with Crippen LogP contribution < -0.4 is 5.32 Å². The van der Waals surface area contributed by atoms with E-state index in [4.69, 9.17) is 9.47 Å². The number of ether oxygens (including phenoxy) is 2. The van der Waals surface area contributed by atoms with Gasteiger partial charge in [-0.05, 0) is 19.3 Å². The normalized spacial score (nSPS) is 28.9. The fourth-order valence-electron chi connectivity index (χ4n) is 3.70. The van der Waals surface area contributed by atoms with E-state index in [0.29, 0.717) is 52.3 Å². The van der Waals surface area contributed by atoms with Crippen LogP contribution in [0.4, 0.5) is 0 Å². The fraction of sp³-hybridized carbons (Fsp3) is 0.882. The molecule has 3 rings (SSSR count). The first-order chi connectivity index (χ1) is 11.7. The Morgan fingerprint density at radius 2 is 2.17 bits per heavy atom. The van der Waals surface area contributed by atoms with Crippen molar-refractivity contribution in [3.63, 3.8) is 0 Å². The molecule has 1 unspecified atom stereocenters. The predicted octanol–water partition coefficient (Wildman–Crippen LogP) is -0.00350. The van der Waals surface area contributed by atoms with Crippen LogP contribution in [0.25, 0.3) is 0 Å². The summed E-state index contributed by atoms with van der Waals surface area (Å²) < 4.78 is 11.6. The van der Waals surface area contributed by atoms with Gasteiger partial charge in [0.05, 0.1) is 26.4 Å². The molecule has 3 heterocycles. The average Bonchev–Trinajstić information content (AvgIpc) is 2.82. The molecular formula is C17H29N3O4. The van der Waals surface area contributed by atoms with Gasteiger partial charge >= 0.3 is 0 Å². The molecule has 0 aliphatic carbocycles. The van der Waals surface area contributed by atoms with Gasteiger partial charge in [0.1, 0.15) is 5.60 Å². The molecule has 7 nitrogen and oxygen atoms in total. The number of rotatable bonds is 4. The van der Waals surface area contributed by atoms with E-state index in [1.807, 2.05) is 9.80 Å². The molecule has 0 aromatic rings. The minimum Gasteiger partial charge on any atom is -0.377 e. The first kappa shape index (κ1) is 17.6. The summed E-state index contributed by atoms with van der Waals surface area (Å²) in [6.07, 6.45) is 3.98. The summed E-state index contributed by atoms with van der Waals surface area (Å²) in [5, 5.41) is 3.33. The third-order valence-corrected chi connectivity index (χ3v) is 5.08. The molecule has 0 radical (unpaired) electrons. The van der Waals surface area contributed by atoms with E-state index >= 15 is 0 Å². The molecule has 3 aliphatic rings. The number of hydrogen-bond donors (Lipinski definition) is 1. The number of morpholine rings is 1. The van der Waals surface area contributed by atoms with Crippen molar-refractivity contribution >= 4 is 11.8 Å². The Labute approximate surface area is 143 Å². The molecule has 0 aromatic carbocycles. The zero-order valence-electron chi connectivity index (χ0n) is 14.4. The Hall–Kier alpha value is -1.18. The van der Waals surface area contributed by atoms with Gasteiger partial charge in [0, 0.05) is 45.6 Å². The molecule has 2 amide bonds. The third-order valence-electron chi connectivity index (χ3n) is 5.08. The highest BCUT2D eigenvalue weighted by Gasteiger charge is 2.39. The van der Waals surface area contributed by atoms with Gasteiger partial charge in [0.2, 0.25) is 11.8 Å². The van der Waals surface area contributed by atoms with Crippen LogP contribution in [0.2, 0.25) is 0 Å². The standard InChI is InChI=1S/C17H29N3O4/c21-15-4-1-2-7-19(15)8-3-5-16(22)20-9-11-24-17(13-20)12-18-6-10-23-14-17/h18H,1-14H2. The summed E-state index contributed by atoms with van der Waals surface area (Å²) in [6, 6.07) is 0. The predicted molar refractivity (Wildman–Crippen MR) is 88.6 cm³/mol. The Bertz CT molecular complexity index is 449. The van der Waals surface area contributed by atoms with Crippen molar-refractivity contribution in [2.45, 2.75) is 37.7 Å². The quantitative estimate of drug-likeness (QED) is 0.780. The van der Waals surface area contributed by atoms with Crippen molar-refractivity contribution in [2.24, 2.45) is 0 Å². The highest BCUT2D eigenvalue weighted by molar-refractivity contribution is 5.77. The highest BCUT2D eigenvalue weighted by Crippen LogP contribution is 2.20. The molecule has 3 fully saturated rings. The number of nitrogens with zero attached hydrogens (tertiary/aromatic N) is 2. The van der Waals surface area contributed by atoms with Crippen molar-refractivity contribution in [3.8, 4) is 0 Å². The smallest absolute Gasteiger partial charge is 0.222 e. The van der Waals surface area contributed by atoms with Crippen molar-refractivity contribution in [2.75, 3.05) is 59.1 Å². The van der Waals surface area contributed by atoms with Crippen molar-refractivity contribution in [1.82, 2.24) is 15.1 Å². The van der Waals surface area contributed by atoms with Crippen LogP contribution in [-0.2, 0) is 19.1 Å². The van der Waals surface area contributed by atoms with E-state index in [9.17, 15) is 9.59 Å². The number of carbonyl (C=O) groups excluding carboxylic acids is 2. The summed E-state index contributed by atoms with van der Waals surface area (Å²) in [5.41, 5.74) is -0.409. The molecule has 0 bridgehead atoms. The molecule has 7 heteroatoms. The van der Waals surface area contributed by atoms with Crippen LogP contribution in [0.3, 0.4) is 0 Å². The molecule has 1 N–H and O–H groups in total. The van der Waals surface area contributed by atoms with Gasteiger partial charge in [-0.25, -0.2) is 0 Å². The average molecular weight is 339 g/mol. The fourth-order valence-corrected chi connectivity index (χ4v) is 3.70. The second-order valence-corrected chi connectivity index (χ2v) is 7.02. The highest BCUT2D eigenvalue weighted by atomic mass is 16.5. The summed E-state index contributed by atoms with van der Waals surface area (Å²) >= 11 is 0. The van der Waals surface area contributed by atoms with E-state index in [1.165, 1.54) is 0 Å². The maximum Gasteiger partial charge on any atom is 0.222 e. The van der Waals surface area contributed by atoms with E-state index in [0.717, 1.165) is 38.9 Å². The van der Waals surface area contributed by atoms with Gasteiger partial charge in [0.15, 0.2) is 0 Å². The first-order valence-corrected chi connectivity index (χ1v) is 9.17. The second-order valence-electron chi connectivity index (χ2n) is 7.02. The molecule has 0 aromatic heterocycles. The number of likely N-dealkylation sites (tertiary alicyclic amines) is 1. The number of carbonyl (C=O) groups is 2. The minimum atomic E-state index is -0.409. The Morgan fingerprint density at radius 3 is 3.04 bits per heavy atom. The van der Waals surface area contributed by atoms with Crippen molar-refractivity contribution in [3.05, 3.63) is 0 Å². The molecule has 3 aliphatic heterocycles. The van der Waals surface area contributed by atoms with Crippen molar-refractivity contribution < 1.29 is 19.1 Å². The molecule has 1 atom stereocenters. The largest absolute Gasteiger partial charge is 0.377 e. The summed E-state index contributed by atoms with van der Waals surface area (Å²) in [5.74, 6) is 0.395. The number of piperidine rings is 1. The van der Waals surface area contributed by atoms with Crippen LogP contribution in [-0.4, -0.2) is 86.3 Å². The number of hydrogen-bond acceptors (Lipinski definition) is 5. The van der Waals surface area contributed by atoms with Crippen LogP contribution in [0.1, 0.15) is 32.1 Å². The van der Waals surface area contributed by atoms with Crippen LogP contribution in [0, 0.1) is 0 Å². The lowest BCUT2D eigenvalue weighted by molar-refractivity contribution is -0.158. The number of amides is 2. The monoisotopic (exact) mass is 339 g/mol. The van der Waals surface area contributed by atoms with Crippen molar-refractivity contribution in [1.29, 1.82) is 0 Å². The summed E-state index contributed by atoms with van der Waals surface area (Å²) in [7, 11) is 0. The van der Waals surface area contributed by atoms with Crippen LogP contribution >= 0.6 is 0 Å². The molecule has 1 spiro atoms. The van der Waals surface area contributed by atoms with Gasteiger partial charge in [-0.3, -0.25) is 9.59 Å². The minimum absolute atomic E-state index is 0.159. The van der Waals surface area contributed by atoms with Gasteiger partial charge in [-0.15, -0.1) is 0 Å². The third kappa shape index (κ3) is 4.46. The summed E-state index contributed by atoms with van der Waals surface area (Å²) in [6.45, 7) is 6.09. The molecule has 3 saturated heterocycles. The van der Waals surface area contributed by atoms with Gasteiger partial charge in [0.25, 0.3) is 0 Å². The molecule has 136 valence electrons. The molecule has 24 heavy (non-hydrogen) atoms. The Morgan fingerprint density at radius 1 is 1.25 bits per heavy atom. The summed E-state index contributed by atoms with van der Waals surface area (Å²) in [4.78, 5) is 28.1. The van der Waals surface area contributed by atoms with Gasteiger partial charge in [-0.1, -0.05) is 0 Å².